The highest BCUT2D eigenvalue weighted by atomic mass is 19.1. The van der Waals surface area contributed by atoms with Crippen molar-refractivity contribution in [3.05, 3.63) is 51.3 Å². The molecule has 0 fully saturated rings. The summed E-state index contributed by atoms with van der Waals surface area (Å²) in [7, 11) is 0. The first kappa shape index (κ1) is 13.9. The number of hydrogen-bond donors (Lipinski definition) is 1. The Labute approximate surface area is 115 Å². The summed E-state index contributed by atoms with van der Waals surface area (Å²) in [5.41, 5.74) is 1.21. The lowest BCUT2D eigenvalue weighted by atomic mass is 10.0. The summed E-state index contributed by atoms with van der Waals surface area (Å²) >= 11 is 0. The molecule has 0 bridgehead atoms. The largest absolute Gasteiger partial charge is 0.310 e. The molecule has 0 amide bonds. The Bertz CT molecular complexity index is 757. The van der Waals surface area contributed by atoms with Crippen LogP contribution in [0.25, 0.3) is 11.3 Å². The highest BCUT2D eigenvalue weighted by Gasteiger charge is 2.13. The van der Waals surface area contributed by atoms with Crippen molar-refractivity contribution in [1.29, 1.82) is 5.26 Å². The Morgan fingerprint density at radius 2 is 2.05 bits per heavy atom. The summed E-state index contributed by atoms with van der Waals surface area (Å²) in [6.07, 6.45) is 0. The summed E-state index contributed by atoms with van der Waals surface area (Å²) in [6.45, 7) is 5.44. The number of rotatable bonds is 2. The first-order valence-corrected chi connectivity index (χ1v) is 6.24. The lowest BCUT2D eigenvalue weighted by Crippen LogP contribution is -2.17. The molecule has 20 heavy (non-hydrogen) atoms. The van der Waals surface area contributed by atoms with Gasteiger partial charge in [0.25, 0.3) is 5.56 Å². The van der Waals surface area contributed by atoms with E-state index in [4.69, 9.17) is 5.26 Å². The van der Waals surface area contributed by atoms with E-state index in [1.54, 1.807) is 6.92 Å². The highest BCUT2D eigenvalue weighted by Crippen LogP contribution is 2.23. The van der Waals surface area contributed by atoms with Gasteiger partial charge in [-0.3, -0.25) is 4.79 Å². The maximum absolute atomic E-state index is 13.5. The third-order valence-corrected chi connectivity index (χ3v) is 3.02. The van der Waals surface area contributed by atoms with Gasteiger partial charge in [0.05, 0.1) is 17.3 Å². The van der Waals surface area contributed by atoms with Gasteiger partial charge in [-0.1, -0.05) is 13.8 Å². The minimum absolute atomic E-state index is 0.0473. The number of halogens is 1. The van der Waals surface area contributed by atoms with Crippen LogP contribution in [-0.2, 0) is 0 Å². The highest BCUT2D eigenvalue weighted by molar-refractivity contribution is 5.64. The molecule has 0 radical (unpaired) electrons. The predicted molar refractivity (Wildman–Crippen MR) is 73.8 cm³/mol. The first-order chi connectivity index (χ1) is 9.42. The topological polar surface area (TPSA) is 69.5 Å². The van der Waals surface area contributed by atoms with Gasteiger partial charge in [-0.15, -0.1) is 0 Å². The molecule has 1 N–H and O–H groups in total. The number of nitrogens with zero attached hydrogens (tertiary/aromatic N) is 2. The van der Waals surface area contributed by atoms with Gasteiger partial charge >= 0.3 is 0 Å². The standard InChI is InChI=1S/C15H14FN3O/c1-8(2)14-18-13(9(3)15(20)19-14)11-4-10(7-17)5-12(16)6-11/h4-6,8H,1-3H3,(H,18,19,20). The Hall–Kier alpha value is -2.48. The van der Waals surface area contributed by atoms with Crippen LogP contribution in [0.15, 0.2) is 23.0 Å². The lowest BCUT2D eigenvalue weighted by molar-refractivity contribution is 0.627. The van der Waals surface area contributed by atoms with Gasteiger partial charge in [0.1, 0.15) is 11.6 Å². The fourth-order valence-electron chi connectivity index (χ4n) is 1.90. The number of benzene rings is 1. The number of nitrogens with one attached hydrogen (secondary N) is 1. The second-order valence-corrected chi connectivity index (χ2v) is 4.92. The second kappa shape index (κ2) is 5.25. The molecular formula is C15H14FN3O. The maximum atomic E-state index is 13.5. The molecule has 1 heterocycles. The molecule has 0 saturated carbocycles. The lowest BCUT2D eigenvalue weighted by Gasteiger charge is -2.10. The minimum Gasteiger partial charge on any atom is -0.310 e. The van der Waals surface area contributed by atoms with Crippen molar-refractivity contribution in [3.8, 4) is 17.3 Å². The number of aromatic amines is 1. The van der Waals surface area contributed by atoms with Gasteiger partial charge in [0.15, 0.2) is 0 Å². The van der Waals surface area contributed by atoms with E-state index in [0.29, 0.717) is 22.6 Å². The first-order valence-electron chi connectivity index (χ1n) is 6.24. The van der Waals surface area contributed by atoms with E-state index in [-0.39, 0.29) is 17.0 Å². The molecule has 4 nitrogen and oxygen atoms in total. The van der Waals surface area contributed by atoms with E-state index in [1.807, 2.05) is 19.9 Å². The van der Waals surface area contributed by atoms with Crippen LogP contribution in [0, 0.1) is 24.1 Å². The van der Waals surface area contributed by atoms with Crippen molar-refractivity contribution in [2.75, 3.05) is 0 Å². The SMILES string of the molecule is Cc1c(-c2cc(F)cc(C#N)c2)nc(C(C)C)[nH]c1=O. The van der Waals surface area contributed by atoms with Gasteiger partial charge in [-0.25, -0.2) is 9.37 Å². The second-order valence-electron chi connectivity index (χ2n) is 4.92. The summed E-state index contributed by atoms with van der Waals surface area (Å²) < 4.78 is 13.5. The van der Waals surface area contributed by atoms with Crippen molar-refractivity contribution in [2.45, 2.75) is 26.7 Å². The molecule has 0 atom stereocenters. The van der Waals surface area contributed by atoms with Gasteiger partial charge in [-0.05, 0) is 25.1 Å². The van der Waals surface area contributed by atoms with Crippen LogP contribution in [0.5, 0.6) is 0 Å². The molecule has 2 rings (SSSR count). The average molecular weight is 271 g/mol. The smallest absolute Gasteiger partial charge is 0.254 e. The minimum atomic E-state index is -0.522. The molecule has 1 aromatic carbocycles. The Balaban J connectivity index is 2.72. The monoisotopic (exact) mass is 271 g/mol. The molecule has 1 aromatic heterocycles. The molecule has 0 aliphatic carbocycles. The zero-order chi connectivity index (χ0) is 14.9. The van der Waals surface area contributed by atoms with Crippen LogP contribution in [0.2, 0.25) is 0 Å². The van der Waals surface area contributed by atoms with Gasteiger partial charge in [0, 0.05) is 17.0 Å². The van der Waals surface area contributed by atoms with E-state index in [2.05, 4.69) is 9.97 Å². The molecule has 5 heteroatoms. The third kappa shape index (κ3) is 2.59. The fourth-order valence-corrected chi connectivity index (χ4v) is 1.90. The molecule has 0 unspecified atom stereocenters. The summed E-state index contributed by atoms with van der Waals surface area (Å²) in [5, 5.41) is 8.90. The summed E-state index contributed by atoms with van der Waals surface area (Å²) in [4.78, 5) is 19.0. The zero-order valence-corrected chi connectivity index (χ0v) is 11.5. The van der Waals surface area contributed by atoms with Crippen molar-refractivity contribution in [2.24, 2.45) is 0 Å². The van der Waals surface area contributed by atoms with Crippen molar-refractivity contribution >= 4 is 0 Å². The Morgan fingerprint density at radius 1 is 1.35 bits per heavy atom. The molecule has 0 aliphatic heterocycles. The number of hydrogen-bond acceptors (Lipinski definition) is 3. The molecule has 0 spiro atoms. The van der Waals surface area contributed by atoms with Crippen molar-refractivity contribution in [3.63, 3.8) is 0 Å². The van der Waals surface area contributed by atoms with E-state index in [1.165, 1.54) is 12.1 Å². The molecule has 2 aromatic rings. The Morgan fingerprint density at radius 3 is 2.65 bits per heavy atom. The third-order valence-electron chi connectivity index (χ3n) is 3.02. The van der Waals surface area contributed by atoms with Crippen LogP contribution in [0.4, 0.5) is 4.39 Å². The van der Waals surface area contributed by atoms with E-state index < -0.39 is 5.82 Å². The van der Waals surface area contributed by atoms with Crippen molar-refractivity contribution in [1.82, 2.24) is 9.97 Å². The van der Waals surface area contributed by atoms with Crippen molar-refractivity contribution < 1.29 is 4.39 Å². The number of nitriles is 1. The van der Waals surface area contributed by atoms with Crippen LogP contribution < -0.4 is 5.56 Å². The number of aromatic nitrogens is 2. The van der Waals surface area contributed by atoms with Crippen LogP contribution in [0.3, 0.4) is 0 Å². The Kier molecular flexibility index (Phi) is 3.66. The summed E-state index contributed by atoms with van der Waals surface area (Å²) in [5.74, 6) is 0.0658. The molecule has 0 aliphatic rings. The fraction of sp³-hybridized carbons (Fsp3) is 0.267. The van der Waals surface area contributed by atoms with Gasteiger partial charge in [-0.2, -0.15) is 5.26 Å². The van der Waals surface area contributed by atoms with Crippen LogP contribution >= 0.6 is 0 Å². The molecule has 102 valence electrons. The predicted octanol–water partition coefficient (Wildman–Crippen LogP) is 2.88. The average Bonchev–Trinajstić information content (AvgIpc) is 2.40. The summed E-state index contributed by atoms with van der Waals surface area (Å²) in [6, 6.07) is 5.85. The van der Waals surface area contributed by atoms with E-state index in [0.717, 1.165) is 6.07 Å². The molecular weight excluding hydrogens is 257 g/mol. The van der Waals surface area contributed by atoms with Gasteiger partial charge in [0.2, 0.25) is 0 Å². The van der Waals surface area contributed by atoms with Gasteiger partial charge < -0.3 is 4.98 Å². The number of H-pyrrole nitrogens is 1. The van der Waals surface area contributed by atoms with E-state index in [9.17, 15) is 9.18 Å². The molecule has 0 saturated heterocycles. The van der Waals surface area contributed by atoms with E-state index >= 15 is 0 Å². The van der Waals surface area contributed by atoms with Crippen LogP contribution in [0.1, 0.15) is 36.7 Å². The normalized spacial score (nSPS) is 10.6. The zero-order valence-electron chi connectivity index (χ0n) is 11.5. The quantitative estimate of drug-likeness (QED) is 0.913. The van der Waals surface area contributed by atoms with Crippen LogP contribution in [-0.4, -0.2) is 9.97 Å². The maximum Gasteiger partial charge on any atom is 0.254 e.